The van der Waals surface area contributed by atoms with E-state index in [-0.39, 0.29) is 12.0 Å². The maximum Gasteiger partial charge on any atom is 0.323 e. The average molecular weight is 253 g/mol. The van der Waals surface area contributed by atoms with E-state index in [1.807, 2.05) is 0 Å². The van der Waals surface area contributed by atoms with Gasteiger partial charge in [-0.05, 0) is 23.8 Å². The molecule has 0 bridgehead atoms. The predicted octanol–water partition coefficient (Wildman–Crippen LogP) is 2.69. The van der Waals surface area contributed by atoms with E-state index < -0.39 is 0 Å². The summed E-state index contributed by atoms with van der Waals surface area (Å²) in [6, 6.07) is 4.52. The molecule has 1 aliphatic rings. The second-order valence-electron chi connectivity index (χ2n) is 4.77. The largest absolute Gasteiger partial charge is 0.468 e. The molecular formula is C13H19NO2S. The summed E-state index contributed by atoms with van der Waals surface area (Å²) < 4.78 is 4.85. The Hall–Kier alpha value is -0.870. The zero-order chi connectivity index (χ0) is 12.4. The molecule has 4 heteroatoms. The number of carbonyl (C=O) groups excluding carboxylic acids is 1. The van der Waals surface area contributed by atoms with Crippen LogP contribution in [0.25, 0.3) is 0 Å². The Morgan fingerprint density at radius 1 is 1.59 bits per heavy atom. The average Bonchev–Trinajstić information content (AvgIpc) is 2.76. The summed E-state index contributed by atoms with van der Waals surface area (Å²) in [5.41, 5.74) is 0. The summed E-state index contributed by atoms with van der Waals surface area (Å²) in [6.07, 6.45) is 0.918. The van der Waals surface area contributed by atoms with Crippen molar-refractivity contribution < 1.29 is 9.53 Å². The third kappa shape index (κ3) is 2.38. The number of rotatable bonds is 4. The molecule has 0 radical (unpaired) electrons. The smallest absolute Gasteiger partial charge is 0.323 e. The molecule has 94 valence electrons. The van der Waals surface area contributed by atoms with E-state index in [1.165, 1.54) is 12.0 Å². The molecule has 2 heterocycles. The van der Waals surface area contributed by atoms with Crippen LogP contribution in [-0.2, 0) is 9.53 Å². The van der Waals surface area contributed by atoms with Crippen molar-refractivity contribution in [1.29, 1.82) is 0 Å². The lowest BCUT2D eigenvalue weighted by molar-refractivity contribution is -0.154. The molecule has 1 fully saturated rings. The highest BCUT2D eigenvalue weighted by atomic mass is 32.1. The van der Waals surface area contributed by atoms with Crippen LogP contribution in [0, 0.1) is 5.92 Å². The van der Waals surface area contributed by atoms with Crippen molar-refractivity contribution in [1.82, 2.24) is 4.90 Å². The Kier molecular flexibility index (Phi) is 3.84. The zero-order valence-electron chi connectivity index (χ0n) is 10.6. The van der Waals surface area contributed by atoms with E-state index >= 15 is 0 Å². The van der Waals surface area contributed by atoms with E-state index in [9.17, 15) is 4.79 Å². The number of carbonyl (C=O) groups is 1. The first-order valence-corrected chi connectivity index (χ1v) is 6.90. The van der Waals surface area contributed by atoms with Gasteiger partial charge in [-0.25, -0.2) is 0 Å². The first-order valence-electron chi connectivity index (χ1n) is 6.02. The number of methoxy groups -OCH3 is 1. The van der Waals surface area contributed by atoms with E-state index in [0.29, 0.717) is 12.0 Å². The molecule has 3 nitrogen and oxygen atoms in total. The van der Waals surface area contributed by atoms with Crippen molar-refractivity contribution in [3.63, 3.8) is 0 Å². The number of thiophene rings is 1. The molecule has 2 rings (SSSR count). The number of hydrogen-bond donors (Lipinski definition) is 0. The van der Waals surface area contributed by atoms with Gasteiger partial charge in [-0.1, -0.05) is 19.9 Å². The second-order valence-corrected chi connectivity index (χ2v) is 5.75. The maximum absolute atomic E-state index is 11.6. The molecule has 2 atom stereocenters. The summed E-state index contributed by atoms with van der Waals surface area (Å²) in [5, 5.41) is 2.09. The van der Waals surface area contributed by atoms with Gasteiger partial charge in [0.25, 0.3) is 0 Å². The summed E-state index contributed by atoms with van der Waals surface area (Å²) in [5.74, 6) is 0.402. The van der Waals surface area contributed by atoms with Crippen molar-refractivity contribution in [2.24, 2.45) is 5.92 Å². The van der Waals surface area contributed by atoms with Crippen LogP contribution in [0.1, 0.15) is 31.2 Å². The number of likely N-dealkylation sites (tertiary alicyclic amines) is 1. The topological polar surface area (TPSA) is 29.5 Å². The van der Waals surface area contributed by atoms with Gasteiger partial charge in [-0.15, -0.1) is 11.3 Å². The number of esters is 1. The highest BCUT2D eigenvalue weighted by Crippen LogP contribution is 2.37. The maximum atomic E-state index is 11.6. The summed E-state index contributed by atoms with van der Waals surface area (Å²) in [4.78, 5) is 15.2. The van der Waals surface area contributed by atoms with Crippen molar-refractivity contribution in [2.45, 2.75) is 32.4 Å². The van der Waals surface area contributed by atoms with Crippen LogP contribution in [-0.4, -0.2) is 30.6 Å². The van der Waals surface area contributed by atoms with Crippen LogP contribution < -0.4 is 0 Å². The predicted molar refractivity (Wildman–Crippen MR) is 69.0 cm³/mol. The Morgan fingerprint density at radius 3 is 2.76 bits per heavy atom. The number of ether oxygens (including phenoxy) is 1. The van der Waals surface area contributed by atoms with Crippen LogP contribution in [0.5, 0.6) is 0 Å². The van der Waals surface area contributed by atoms with Crippen molar-refractivity contribution in [3.05, 3.63) is 22.4 Å². The molecule has 0 N–H and O–H groups in total. The number of nitrogens with zero attached hydrogens (tertiary/aromatic N) is 1. The van der Waals surface area contributed by atoms with Gasteiger partial charge in [-0.3, -0.25) is 9.69 Å². The van der Waals surface area contributed by atoms with Crippen LogP contribution in [0.2, 0.25) is 0 Å². The molecule has 1 saturated heterocycles. The fourth-order valence-electron chi connectivity index (χ4n) is 2.46. The third-order valence-electron chi connectivity index (χ3n) is 3.36. The van der Waals surface area contributed by atoms with Crippen LogP contribution >= 0.6 is 11.3 Å². The molecule has 0 amide bonds. The van der Waals surface area contributed by atoms with Gasteiger partial charge in [-0.2, -0.15) is 0 Å². The lowest BCUT2D eigenvalue weighted by Crippen LogP contribution is -2.55. The molecule has 17 heavy (non-hydrogen) atoms. The zero-order valence-corrected chi connectivity index (χ0v) is 11.4. The lowest BCUT2D eigenvalue weighted by Gasteiger charge is -2.45. The monoisotopic (exact) mass is 253 g/mol. The highest BCUT2D eigenvalue weighted by molar-refractivity contribution is 7.10. The van der Waals surface area contributed by atoms with Crippen LogP contribution in [0.4, 0.5) is 0 Å². The fraction of sp³-hybridized carbons (Fsp3) is 0.615. The van der Waals surface area contributed by atoms with Crippen LogP contribution in [0.15, 0.2) is 17.5 Å². The van der Waals surface area contributed by atoms with Gasteiger partial charge in [0.2, 0.25) is 0 Å². The van der Waals surface area contributed by atoms with Crippen molar-refractivity contribution in [2.75, 3.05) is 13.7 Å². The van der Waals surface area contributed by atoms with Gasteiger partial charge in [0.15, 0.2) is 0 Å². The summed E-state index contributed by atoms with van der Waals surface area (Å²) in [6.45, 7) is 5.40. The molecular weight excluding hydrogens is 234 g/mol. The van der Waals surface area contributed by atoms with E-state index in [2.05, 4.69) is 36.3 Å². The fourth-order valence-corrected chi connectivity index (χ4v) is 3.48. The Labute approximate surface area is 106 Å². The Morgan fingerprint density at radius 2 is 2.35 bits per heavy atom. The molecule has 2 unspecified atom stereocenters. The number of hydrogen-bond acceptors (Lipinski definition) is 4. The van der Waals surface area contributed by atoms with Gasteiger partial charge in [0, 0.05) is 17.5 Å². The molecule has 1 aromatic heterocycles. The minimum atomic E-state index is -0.0987. The second kappa shape index (κ2) is 5.19. The highest BCUT2D eigenvalue weighted by Gasteiger charge is 2.41. The molecule has 0 saturated carbocycles. The molecule has 0 aromatic carbocycles. The van der Waals surface area contributed by atoms with Gasteiger partial charge in [0.1, 0.15) is 6.04 Å². The Balaban J connectivity index is 2.15. The van der Waals surface area contributed by atoms with E-state index in [0.717, 1.165) is 13.0 Å². The van der Waals surface area contributed by atoms with Gasteiger partial charge >= 0.3 is 5.97 Å². The standard InChI is InChI=1S/C13H19NO2S/c1-9(2)12(11-5-4-8-17-11)14-7-6-10(14)13(15)16-3/h4-5,8-10,12H,6-7H2,1-3H3. The van der Waals surface area contributed by atoms with Crippen molar-refractivity contribution >= 4 is 17.3 Å². The molecule has 0 aliphatic carbocycles. The molecule has 1 aliphatic heterocycles. The summed E-state index contributed by atoms with van der Waals surface area (Å²) in [7, 11) is 1.47. The molecule has 0 spiro atoms. The first kappa shape index (κ1) is 12.6. The summed E-state index contributed by atoms with van der Waals surface area (Å²) >= 11 is 1.76. The third-order valence-corrected chi connectivity index (χ3v) is 4.30. The van der Waals surface area contributed by atoms with E-state index in [4.69, 9.17) is 4.74 Å². The normalized spacial score (nSPS) is 22.2. The SMILES string of the molecule is COC(=O)C1CCN1C(c1cccs1)C(C)C. The van der Waals surface area contributed by atoms with Crippen molar-refractivity contribution in [3.8, 4) is 0 Å². The van der Waals surface area contributed by atoms with Gasteiger partial charge in [0.05, 0.1) is 7.11 Å². The van der Waals surface area contributed by atoms with Gasteiger partial charge < -0.3 is 4.74 Å². The lowest BCUT2D eigenvalue weighted by atomic mass is 9.92. The minimum absolute atomic E-state index is 0.0468. The van der Waals surface area contributed by atoms with E-state index in [1.54, 1.807) is 11.3 Å². The quantitative estimate of drug-likeness (QED) is 0.773. The first-order chi connectivity index (χ1) is 8.15. The Bertz CT molecular complexity index is 375. The minimum Gasteiger partial charge on any atom is -0.468 e. The molecule has 1 aromatic rings. The van der Waals surface area contributed by atoms with Crippen LogP contribution in [0.3, 0.4) is 0 Å².